The number of rotatable bonds is 3. The highest BCUT2D eigenvalue weighted by Gasteiger charge is 2.29. The minimum Gasteiger partial charge on any atom is -0.462 e. The first-order valence-electron chi connectivity index (χ1n) is 9.45. The molecule has 152 valence electrons. The van der Waals surface area contributed by atoms with Crippen LogP contribution in [0.3, 0.4) is 0 Å². The predicted molar refractivity (Wildman–Crippen MR) is 102 cm³/mol. The Hall–Kier alpha value is -2.84. The average molecular weight is 390 g/mol. The SMILES string of the molecule is CCOC(=O)c1c[nH]n2c(=O)cc(C3CCN(C(=O)OC(C)(C)C)CC3)nc12. The van der Waals surface area contributed by atoms with E-state index in [-0.39, 0.29) is 35.4 Å². The van der Waals surface area contributed by atoms with Gasteiger partial charge in [0.15, 0.2) is 5.65 Å². The van der Waals surface area contributed by atoms with Crippen LogP contribution in [0.2, 0.25) is 0 Å². The van der Waals surface area contributed by atoms with Crippen LogP contribution in [0.25, 0.3) is 5.65 Å². The van der Waals surface area contributed by atoms with Crippen molar-refractivity contribution in [2.24, 2.45) is 0 Å². The number of nitrogens with one attached hydrogen (secondary N) is 1. The van der Waals surface area contributed by atoms with Crippen LogP contribution in [-0.2, 0) is 9.47 Å². The number of aromatic amines is 1. The molecule has 2 aromatic heterocycles. The lowest BCUT2D eigenvalue weighted by Crippen LogP contribution is -2.41. The molecule has 28 heavy (non-hydrogen) atoms. The lowest BCUT2D eigenvalue weighted by Gasteiger charge is -2.33. The fourth-order valence-corrected chi connectivity index (χ4v) is 3.25. The molecule has 9 heteroatoms. The van der Waals surface area contributed by atoms with Gasteiger partial charge < -0.3 is 14.4 Å². The molecule has 9 nitrogen and oxygen atoms in total. The summed E-state index contributed by atoms with van der Waals surface area (Å²) in [6.07, 6.45) is 2.43. The van der Waals surface area contributed by atoms with Crippen molar-refractivity contribution in [3.05, 3.63) is 33.9 Å². The Morgan fingerprint density at radius 1 is 1.29 bits per heavy atom. The number of amides is 1. The van der Waals surface area contributed by atoms with E-state index in [1.54, 1.807) is 11.8 Å². The third-order valence-electron chi connectivity index (χ3n) is 4.58. The number of ether oxygens (including phenoxy) is 2. The highest BCUT2D eigenvalue weighted by atomic mass is 16.6. The molecule has 0 aromatic carbocycles. The van der Waals surface area contributed by atoms with Gasteiger partial charge in [0.25, 0.3) is 5.56 Å². The van der Waals surface area contributed by atoms with Gasteiger partial charge in [-0.3, -0.25) is 9.89 Å². The van der Waals surface area contributed by atoms with Crippen molar-refractivity contribution >= 4 is 17.7 Å². The number of carbonyl (C=O) groups excluding carboxylic acids is 2. The van der Waals surface area contributed by atoms with Crippen molar-refractivity contribution in [1.82, 2.24) is 19.5 Å². The van der Waals surface area contributed by atoms with E-state index < -0.39 is 11.6 Å². The number of H-pyrrole nitrogens is 1. The normalized spacial score (nSPS) is 15.6. The third kappa shape index (κ3) is 4.18. The largest absolute Gasteiger partial charge is 0.462 e. The van der Waals surface area contributed by atoms with E-state index in [1.807, 2.05) is 20.8 Å². The maximum atomic E-state index is 12.4. The van der Waals surface area contributed by atoms with Gasteiger partial charge in [0.05, 0.1) is 12.3 Å². The zero-order valence-electron chi connectivity index (χ0n) is 16.7. The second-order valence-corrected chi connectivity index (χ2v) is 7.83. The summed E-state index contributed by atoms with van der Waals surface area (Å²) in [6, 6.07) is 1.48. The zero-order valence-corrected chi connectivity index (χ0v) is 16.7. The van der Waals surface area contributed by atoms with Crippen LogP contribution in [0.1, 0.15) is 62.5 Å². The molecular formula is C19H26N4O5. The molecule has 0 unspecified atom stereocenters. The molecule has 0 aliphatic carbocycles. The molecule has 1 fully saturated rings. The minimum atomic E-state index is -0.535. The number of fused-ring (bicyclic) bond motifs is 1. The van der Waals surface area contributed by atoms with E-state index in [0.29, 0.717) is 31.6 Å². The first-order valence-corrected chi connectivity index (χ1v) is 9.45. The summed E-state index contributed by atoms with van der Waals surface area (Å²) >= 11 is 0. The van der Waals surface area contributed by atoms with Gasteiger partial charge in [-0.15, -0.1) is 0 Å². The third-order valence-corrected chi connectivity index (χ3v) is 4.58. The first-order chi connectivity index (χ1) is 13.2. The van der Waals surface area contributed by atoms with E-state index in [4.69, 9.17) is 9.47 Å². The molecule has 0 saturated carbocycles. The fraction of sp³-hybridized carbons (Fsp3) is 0.579. The minimum absolute atomic E-state index is 0.0290. The van der Waals surface area contributed by atoms with Crippen molar-refractivity contribution in [1.29, 1.82) is 0 Å². The second kappa shape index (κ2) is 7.65. The Kier molecular flexibility index (Phi) is 5.44. The number of piperidine rings is 1. The summed E-state index contributed by atoms with van der Waals surface area (Å²) in [5.41, 5.74) is 0.291. The van der Waals surface area contributed by atoms with Crippen molar-refractivity contribution in [3.63, 3.8) is 0 Å². The lowest BCUT2D eigenvalue weighted by molar-refractivity contribution is 0.0203. The van der Waals surface area contributed by atoms with Gasteiger partial charge in [-0.05, 0) is 40.5 Å². The first kappa shape index (κ1) is 19.9. The van der Waals surface area contributed by atoms with Crippen molar-refractivity contribution < 1.29 is 19.1 Å². The van der Waals surface area contributed by atoms with E-state index in [9.17, 15) is 14.4 Å². The number of hydrogen-bond donors (Lipinski definition) is 1. The van der Waals surface area contributed by atoms with Crippen LogP contribution in [0, 0.1) is 0 Å². The van der Waals surface area contributed by atoms with E-state index in [2.05, 4.69) is 10.1 Å². The molecule has 1 aliphatic rings. The molecule has 1 saturated heterocycles. The monoisotopic (exact) mass is 390 g/mol. The Labute approximate surface area is 162 Å². The smallest absolute Gasteiger partial charge is 0.410 e. The second-order valence-electron chi connectivity index (χ2n) is 7.83. The molecule has 0 radical (unpaired) electrons. The van der Waals surface area contributed by atoms with Crippen LogP contribution in [0.5, 0.6) is 0 Å². The molecule has 3 rings (SSSR count). The Morgan fingerprint density at radius 2 is 1.96 bits per heavy atom. The number of esters is 1. The van der Waals surface area contributed by atoms with Gasteiger partial charge in [-0.25, -0.2) is 19.1 Å². The maximum Gasteiger partial charge on any atom is 0.410 e. The van der Waals surface area contributed by atoms with Crippen molar-refractivity contribution in [2.75, 3.05) is 19.7 Å². The Morgan fingerprint density at radius 3 is 2.57 bits per heavy atom. The number of nitrogens with zero attached hydrogens (tertiary/aromatic N) is 3. The van der Waals surface area contributed by atoms with Gasteiger partial charge in [-0.1, -0.05) is 0 Å². The summed E-state index contributed by atoms with van der Waals surface area (Å²) in [6.45, 7) is 8.52. The average Bonchev–Trinajstić information content (AvgIpc) is 3.05. The van der Waals surface area contributed by atoms with Gasteiger partial charge in [0.2, 0.25) is 0 Å². The summed E-state index contributed by atoms with van der Waals surface area (Å²) in [5.74, 6) is -0.494. The number of likely N-dealkylation sites (tertiary alicyclic amines) is 1. The van der Waals surface area contributed by atoms with Gasteiger partial charge in [-0.2, -0.15) is 0 Å². The molecule has 3 heterocycles. The molecule has 0 bridgehead atoms. The lowest BCUT2D eigenvalue weighted by atomic mass is 9.93. The summed E-state index contributed by atoms with van der Waals surface area (Å²) in [7, 11) is 0. The van der Waals surface area contributed by atoms with Crippen molar-refractivity contribution in [3.8, 4) is 0 Å². The quantitative estimate of drug-likeness (QED) is 0.806. The van der Waals surface area contributed by atoms with Gasteiger partial charge in [0.1, 0.15) is 11.2 Å². The van der Waals surface area contributed by atoms with E-state index in [0.717, 1.165) is 0 Å². The van der Waals surface area contributed by atoms with Crippen LogP contribution < -0.4 is 5.56 Å². The fourth-order valence-electron chi connectivity index (χ4n) is 3.25. The van der Waals surface area contributed by atoms with Crippen LogP contribution in [0.4, 0.5) is 4.79 Å². The summed E-state index contributed by atoms with van der Waals surface area (Å²) in [5, 5.41) is 2.74. The van der Waals surface area contributed by atoms with Crippen LogP contribution in [-0.4, -0.2) is 56.9 Å². The predicted octanol–water partition coefficient (Wildman–Crippen LogP) is 2.31. The van der Waals surface area contributed by atoms with Crippen LogP contribution >= 0.6 is 0 Å². The molecule has 2 aromatic rings. The highest BCUT2D eigenvalue weighted by Crippen LogP contribution is 2.27. The molecule has 0 spiro atoms. The Bertz CT molecular complexity index is 932. The molecule has 0 atom stereocenters. The van der Waals surface area contributed by atoms with Gasteiger partial charge >= 0.3 is 12.1 Å². The summed E-state index contributed by atoms with van der Waals surface area (Å²) < 4.78 is 11.7. The molecule has 1 N–H and O–H groups in total. The van der Waals surface area contributed by atoms with E-state index in [1.165, 1.54) is 16.8 Å². The molecule has 1 amide bonds. The Balaban J connectivity index is 1.78. The molecule has 1 aliphatic heterocycles. The van der Waals surface area contributed by atoms with Crippen molar-refractivity contribution in [2.45, 2.75) is 52.1 Å². The maximum absolute atomic E-state index is 12.4. The number of aromatic nitrogens is 3. The highest BCUT2D eigenvalue weighted by molar-refractivity contribution is 5.95. The standard InChI is InChI=1S/C19H26N4O5/c1-5-27-17(25)13-11-20-23-15(24)10-14(21-16(13)23)12-6-8-22(9-7-12)18(26)28-19(2,3)4/h10-12,20H,5-9H2,1-4H3. The van der Waals surface area contributed by atoms with Gasteiger partial charge in [0, 0.05) is 31.3 Å². The number of carbonyl (C=O) groups is 2. The van der Waals surface area contributed by atoms with Crippen LogP contribution in [0.15, 0.2) is 17.1 Å². The van der Waals surface area contributed by atoms with E-state index >= 15 is 0 Å². The zero-order chi connectivity index (χ0) is 20.5. The molecular weight excluding hydrogens is 364 g/mol. The number of hydrogen-bond acceptors (Lipinski definition) is 6. The topological polar surface area (TPSA) is 106 Å². The summed E-state index contributed by atoms with van der Waals surface area (Å²) in [4.78, 5) is 42.9.